The molecule has 0 saturated carbocycles. The van der Waals surface area contributed by atoms with Gasteiger partial charge in [-0.3, -0.25) is 0 Å². The van der Waals surface area contributed by atoms with E-state index in [0.29, 0.717) is 11.4 Å². The van der Waals surface area contributed by atoms with Gasteiger partial charge in [0.2, 0.25) is 0 Å². The van der Waals surface area contributed by atoms with Crippen LogP contribution in [0.4, 0.5) is 10.5 Å². The first-order valence-electron chi connectivity index (χ1n) is 6.80. The Kier molecular flexibility index (Phi) is 5.62. The molecule has 122 valence electrons. The number of anilines is 1. The fraction of sp³-hybridized carbons (Fsp3) is 0.467. The number of rotatable bonds is 5. The van der Waals surface area contributed by atoms with Gasteiger partial charge in [-0.05, 0) is 45.4 Å². The van der Waals surface area contributed by atoms with Crippen LogP contribution in [0.2, 0.25) is 0 Å². The smallest absolute Gasteiger partial charge is 0.408 e. The summed E-state index contributed by atoms with van der Waals surface area (Å²) >= 11 is 0. The maximum Gasteiger partial charge on any atom is 0.408 e. The highest BCUT2D eigenvalue weighted by Crippen LogP contribution is 2.22. The van der Waals surface area contributed by atoms with E-state index in [2.05, 4.69) is 5.32 Å². The van der Waals surface area contributed by atoms with E-state index in [1.807, 2.05) is 13.0 Å². The van der Waals surface area contributed by atoms with Crippen molar-refractivity contribution in [1.82, 2.24) is 5.32 Å². The molecule has 0 saturated heterocycles. The van der Waals surface area contributed by atoms with Gasteiger partial charge in [-0.2, -0.15) is 0 Å². The van der Waals surface area contributed by atoms with Crippen molar-refractivity contribution in [2.75, 3.05) is 12.3 Å². The average molecular weight is 310 g/mol. The number of hydrogen-bond acceptors (Lipinski definition) is 5. The second kappa shape index (κ2) is 7.02. The van der Waals surface area contributed by atoms with Crippen molar-refractivity contribution in [2.45, 2.75) is 39.3 Å². The Morgan fingerprint density at radius 1 is 1.36 bits per heavy atom. The minimum absolute atomic E-state index is 0.262. The Labute approximate surface area is 129 Å². The number of nitrogen functional groups attached to an aromatic ring is 1. The topological polar surface area (TPSA) is 111 Å². The van der Waals surface area contributed by atoms with E-state index < -0.39 is 23.7 Å². The summed E-state index contributed by atoms with van der Waals surface area (Å²) in [7, 11) is 0. The van der Waals surface area contributed by atoms with E-state index in [1.54, 1.807) is 32.9 Å². The third-order valence-electron chi connectivity index (χ3n) is 2.56. The van der Waals surface area contributed by atoms with Crippen molar-refractivity contribution in [3.63, 3.8) is 0 Å². The first-order valence-corrected chi connectivity index (χ1v) is 6.80. The fourth-order valence-corrected chi connectivity index (χ4v) is 1.56. The molecule has 0 aromatic heterocycles. The van der Waals surface area contributed by atoms with E-state index in [9.17, 15) is 9.59 Å². The lowest BCUT2D eigenvalue weighted by Gasteiger charge is -2.22. The minimum atomic E-state index is -1.24. The monoisotopic (exact) mass is 310 g/mol. The first-order chi connectivity index (χ1) is 10.1. The van der Waals surface area contributed by atoms with Gasteiger partial charge in [-0.15, -0.1) is 0 Å². The number of nitrogens with two attached hydrogens (primary N) is 1. The molecule has 0 aliphatic heterocycles. The highest BCUT2D eigenvalue weighted by Gasteiger charge is 2.24. The van der Waals surface area contributed by atoms with Gasteiger partial charge >= 0.3 is 12.1 Å². The number of benzene rings is 1. The third kappa shape index (κ3) is 5.90. The van der Waals surface area contributed by atoms with Crippen molar-refractivity contribution in [3.05, 3.63) is 23.8 Å². The molecule has 0 radical (unpaired) electrons. The van der Waals surface area contributed by atoms with Gasteiger partial charge in [-0.25, -0.2) is 9.59 Å². The molecule has 0 heterocycles. The predicted molar refractivity (Wildman–Crippen MR) is 81.9 cm³/mol. The molecule has 1 rings (SSSR count). The van der Waals surface area contributed by atoms with Crippen LogP contribution >= 0.6 is 0 Å². The molecule has 4 N–H and O–H groups in total. The SMILES string of the molecule is Cc1ccc(N)c(OCC(NC(=O)OC(C)(C)C)C(=O)O)c1. The highest BCUT2D eigenvalue weighted by molar-refractivity contribution is 5.80. The van der Waals surface area contributed by atoms with Gasteiger partial charge < -0.3 is 25.6 Å². The number of alkyl carbamates (subject to hydrolysis) is 1. The number of carbonyl (C=O) groups is 2. The summed E-state index contributed by atoms with van der Waals surface area (Å²) in [6, 6.07) is 3.94. The summed E-state index contributed by atoms with van der Waals surface area (Å²) in [4.78, 5) is 22.8. The zero-order chi connectivity index (χ0) is 16.9. The highest BCUT2D eigenvalue weighted by atomic mass is 16.6. The number of aryl methyl sites for hydroxylation is 1. The number of carboxylic acids is 1. The molecule has 0 aliphatic rings. The molecular weight excluding hydrogens is 288 g/mol. The zero-order valence-electron chi connectivity index (χ0n) is 13.2. The van der Waals surface area contributed by atoms with Crippen molar-refractivity contribution in [3.8, 4) is 5.75 Å². The zero-order valence-corrected chi connectivity index (χ0v) is 13.2. The number of nitrogens with one attached hydrogen (secondary N) is 1. The van der Waals surface area contributed by atoms with Crippen LogP contribution in [0.1, 0.15) is 26.3 Å². The van der Waals surface area contributed by atoms with Gasteiger partial charge in [0, 0.05) is 0 Å². The summed E-state index contributed by atoms with van der Waals surface area (Å²) in [6.07, 6.45) is -0.819. The van der Waals surface area contributed by atoms with Gasteiger partial charge in [0.1, 0.15) is 18.0 Å². The molecule has 0 bridgehead atoms. The van der Waals surface area contributed by atoms with Crippen LogP contribution in [0.25, 0.3) is 0 Å². The summed E-state index contributed by atoms with van der Waals surface area (Å²) in [5, 5.41) is 11.4. The first kappa shape index (κ1) is 17.6. The van der Waals surface area contributed by atoms with Gasteiger partial charge in [0.25, 0.3) is 0 Å². The van der Waals surface area contributed by atoms with Crippen molar-refractivity contribution in [2.24, 2.45) is 0 Å². The molecule has 0 spiro atoms. The van der Waals surface area contributed by atoms with Crippen LogP contribution in [0.5, 0.6) is 5.75 Å². The van der Waals surface area contributed by atoms with Crippen LogP contribution in [0.3, 0.4) is 0 Å². The van der Waals surface area contributed by atoms with Gasteiger partial charge in [-0.1, -0.05) is 6.07 Å². The number of hydrogen-bond donors (Lipinski definition) is 3. The molecular formula is C15H22N2O5. The molecule has 1 amide bonds. The van der Waals surface area contributed by atoms with Crippen molar-refractivity contribution in [1.29, 1.82) is 0 Å². The van der Waals surface area contributed by atoms with Crippen LogP contribution < -0.4 is 15.8 Å². The molecule has 7 nitrogen and oxygen atoms in total. The molecule has 1 atom stereocenters. The predicted octanol–water partition coefficient (Wildman–Crippen LogP) is 1.93. The molecule has 1 aromatic carbocycles. The Morgan fingerprint density at radius 3 is 2.55 bits per heavy atom. The lowest BCUT2D eigenvalue weighted by atomic mass is 10.2. The summed E-state index contributed by atoms with van der Waals surface area (Å²) < 4.78 is 10.4. The summed E-state index contributed by atoms with van der Waals surface area (Å²) in [5.41, 5.74) is 6.36. The number of ether oxygens (including phenoxy) is 2. The van der Waals surface area contributed by atoms with Gasteiger partial charge in [0.05, 0.1) is 5.69 Å². The van der Waals surface area contributed by atoms with Gasteiger partial charge in [0.15, 0.2) is 6.04 Å². The summed E-state index contributed by atoms with van der Waals surface area (Å²) in [5.74, 6) is -0.852. The van der Waals surface area contributed by atoms with Crippen molar-refractivity contribution >= 4 is 17.7 Å². The second-order valence-corrected chi connectivity index (χ2v) is 5.89. The molecule has 0 fully saturated rings. The minimum Gasteiger partial charge on any atom is -0.489 e. The quantitative estimate of drug-likeness (QED) is 0.717. The number of carbonyl (C=O) groups excluding carboxylic acids is 1. The standard InChI is InChI=1S/C15H22N2O5/c1-9-5-6-10(16)12(7-9)21-8-11(13(18)19)17-14(20)22-15(2,3)4/h5-7,11H,8,16H2,1-4H3,(H,17,20)(H,18,19). The Morgan fingerprint density at radius 2 is 2.00 bits per heavy atom. The van der Waals surface area contributed by atoms with E-state index in [-0.39, 0.29) is 6.61 Å². The lowest BCUT2D eigenvalue weighted by molar-refractivity contribution is -0.140. The van der Waals surface area contributed by atoms with E-state index in [1.165, 1.54) is 0 Å². The average Bonchev–Trinajstić information content (AvgIpc) is 2.35. The van der Waals surface area contributed by atoms with E-state index in [0.717, 1.165) is 5.56 Å². The Bertz CT molecular complexity index is 551. The summed E-state index contributed by atoms with van der Waals surface area (Å²) in [6.45, 7) is 6.66. The Hall–Kier alpha value is -2.44. The molecule has 0 aliphatic carbocycles. The fourth-order valence-electron chi connectivity index (χ4n) is 1.56. The molecule has 1 aromatic rings. The van der Waals surface area contributed by atoms with Crippen LogP contribution in [-0.2, 0) is 9.53 Å². The van der Waals surface area contributed by atoms with Crippen molar-refractivity contribution < 1.29 is 24.2 Å². The molecule has 7 heteroatoms. The lowest BCUT2D eigenvalue weighted by Crippen LogP contribution is -2.46. The number of aliphatic carboxylic acids is 1. The Balaban J connectivity index is 2.67. The van der Waals surface area contributed by atoms with E-state index in [4.69, 9.17) is 20.3 Å². The normalized spacial score (nSPS) is 12.4. The largest absolute Gasteiger partial charge is 0.489 e. The van der Waals surface area contributed by atoms with E-state index >= 15 is 0 Å². The maximum absolute atomic E-state index is 11.6. The number of carboxylic acid groups (broad SMARTS) is 1. The molecule has 1 unspecified atom stereocenters. The maximum atomic E-state index is 11.6. The van der Waals surface area contributed by atoms with Crippen LogP contribution in [0, 0.1) is 6.92 Å². The second-order valence-electron chi connectivity index (χ2n) is 5.89. The number of amides is 1. The van der Waals surface area contributed by atoms with Crippen LogP contribution in [0.15, 0.2) is 18.2 Å². The molecule has 22 heavy (non-hydrogen) atoms. The third-order valence-corrected chi connectivity index (χ3v) is 2.56. The van der Waals surface area contributed by atoms with Crippen LogP contribution in [-0.4, -0.2) is 35.4 Å².